The van der Waals surface area contributed by atoms with Crippen molar-refractivity contribution < 1.29 is 8.83 Å². The van der Waals surface area contributed by atoms with E-state index in [0.29, 0.717) is 0 Å². The molecule has 4 aliphatic rings. The second-order valence-corrected chi connectivity index (χ2v) is 27.0. The van der Waals surface area contributed by atoms with E-state index in [1.54, 1.807) is 0 Å². The number of anilines is 12. The van der Waals surface area contributed by atoms with E-state index in [2.05, 4.69) is 346 Å². The summed E-state index contributed by atoms with van der Waals surface area (Å²) in [5.74, 6) is 0. The highest BCUT2D eigenvalue weighted by atomic mass is 16.3. The van der Waals surface area contributed by atoms with E-state index in [4.69, 9.17) is 8.83 Å². The van der Waals surface area contributed by atoms with Crippen LogP contribution in [-0.2, 0) is 0 Å². The molecule has 0 aliphatic carbocycles. The molecule has 4 aromatic heterocycles. The molecule has 456 valence electrons. The number of aromatic nitrogens is 1. The Morgan fingerprint density at radius 2 is 0.576 bits per heavy atom. The predicted molar refractivity (Wildman–Crippen MR) is 415 cm³/mol. The number of hydrogen-bond acceptors (Lipinski definition) is 6. The van der Waals surface area contributed by atoms with Crippen molar-refractivity contribution in [1.82, 2.24) is 4.40 Å². The van der Waals surface area contributed by atoms with E-state index >= 15 is 0 Å². The van der Waals surface area contributed by atoms with Gasteiger partial charge in [-0.3, -0.25) is 0 Å². The van der Waals surface area contributed by atoms with E-state index in [0.717, 1.165) is 134 Å². The van der Waals surface area contributed by atoms with Crippen LogP contribution in [0.25, 0.3) is 104 Å². The molecule has 8 heterocycles. The third-order valence-electron chi connectivity index (χ3n) is 22.0. The lowest BCUT2D eigenvalue weighted by Crippen LogP contribution is -2.61. The van der Waals surface area contributed by atoms with E-state index in [1.807, 2.05) is 0 Å². The predicted octanol–water partition coefficient (Wildman–Crippen LogP) is 20.1. The van der Waals surface area contributed by atoms with Gasteiger partial charge < -0.3 is 32.8 Å². The zero-order chi connectivity index (χ0) is 64.3. The summed E-state index contributed by atoms with van der Waals surface area (Å²) in [5.41, 5.74) is 32.2. The molecule has 0 amide bonds. The molecule has 0 N–H and O–H groups in total. The Balaban J connectivity index is 0.848. The van der Waals surface area contributed by atoms with Crippen molar-refractivity contribution >= 4 is 196 Å². The maximum absolute atomic E-state index is 7.17. The van der Waals surface area contributed by atoms with Gasteiger partial charge in [-0.15, -0.1) is 0 Å². The number of para-hydroxylation sites is 9. The maximum Gasteiger partial charge on any atom is 0.252 e. The first-order valence-corrected chi connectivity index (χ1v) is 34.2. The van der Waals surface area contributed by atoms with Gasteiger partial charge in [0.25, 0.3) is 13.4 Å². The Kier molecular flexibility index (Phi) is 10.7. The lowest BCUT2D eigenvalue weighted by Gasteiger charge is -2.44. The zero-order valence-corrected chi connectivity index (χ0v) is 53.3. The van der Waals surface area contributed by atoms with Gasteiger partial charge in [0.2, 0.25) is 0 Å². The third kappa shape index (κ3) is 7.22. The van der Waals surface area contributed by atoms with Crippen molar-refractivity contribution in [2.75, 3.05) is 19.6 Å². The van der Waals surface area contributed by atoms with Gasteiger partial charge in [-0.2, -0.15) is 0 Å². The summed E-state index contributed by atoms with van der Waals surface area (Å²) in [5, 5.41) is 9.18. The highest BCUT2D eigenvalue weighted by molar-refractivity contribution is 7.01. The van der Waals surface area contributed by atoms with Crippen molar-refractivity contribution in [3.8, 4) is 22.3 Å². The average molecular weight is 1260 g/mol. The number of hydrogen-bond donors (Lipinski definition) is 0. The highest BCUT2D eigenvalue weighted by Gasteiger charge is 2.47. The first kappa shape index (κ1) is 53.3. The zero-order valence-electron chi connectivity index (χ0n) is 53.3. The summed E-state index contributed by atoms with van der Waals surface area (Å²) >= 11 is 0. The third-order valence-corrected chi connectivity index (χ3v) is 22.0. The Morgan fingerprint density at radius 1 is 0.222 bits per heavy atom. The van der Waals surface area contributed by atoms with Crippen LogP contribution < -0.4 is 52.4 Å². The molecule has 0 spiro atoms. The highest BCUT2D eigenvalue weighted by Crippen LogP contribution is 2.53. The minimum atomic E-state index is -0.137. The van der Waals surface area contributed by atoms with Crippen LogP contribution in [0, 0.1) is 0 Å². The molecule has 9 heteroatoms. The molecule has 0 atom stereocenters. The van der Waals surface area contributed by atoms with E-state index < -0.39 is 0 Å². The molecular weight excluding hydrogens is 1200 g/mol. The molecule has 19 aromatic rings. The second-order valence-electron chi connectivity index (χ2n) is 27.0. The Morgan fingerprint density at radius 3 is 1.03 bits per heavy atom. The number of nitrogens with zero attached hydrogens (tertiary/aromatic N) is 5. The minimum Gasteiger partial charge on any atom is -0.454 e. The summed E-state index contributed by atoms with van der Waals surface area (Å²) in [7, 11) is 0. The topological polar surface area (TPSA) is 43.7 Å². The van der Waals surface area contributed by atoms with E-state index in [9.17, 15) is 0 Å². The van der Waals surface area contributed by atoms with E-state index in [-0.39, 0.29) is 13.4 Å². The smallest absolute Gasteiger partial charge is 0.252 e. The molecule has 7 nitrogen and oxygen atoms in total. The van der Waals surface area contributed by atoms with Gasteiger partial charge in [0, 0.05) is 100.0 Å². The largest absolute Gasteiger partial charge is 0.454 e. The van der Waals surface area contributed by atoms with Crippen molar-refractivity contribution in [2.45, 2.75) is 0 Å². The van der Waals surface area contributed by atoms with Crippen LogP contribution in [-0.4, -0.2) is 17.8 Å². The van der Waals surface area contributed by atoms with E-state index in [1.165, 1.54) is 71.2 Å². The fourth-order valence-corrected chi connectivity index (χ4v) is 18.0. The van der Waals surface area contributed by atoms with Crippen LogP contribution in [0.1, 0.15) is 0 Å². The average Bonchev–Trinajstić information content (AvgIpc) is 1.64. The Hall–Kier alpha value is -13.0. The molecule has 0 radical (unpaired) electrons. The maximum atomic E-state index is 7.17. The summed E-state index contributed by atoms with van der Waals surface area (Å²) < 4.78 is 16.9. The summed E-state index contributed by atoms with van der Waals surface area (Å²) in [6.07, 6.45) is 0. The Bertz CT molecular complexity index is 6270. The number of fused-ring (bicyclic) bond motifs is 20. The molecular formula is C90H53B2N5O2. The fourth-order valence-electron chi connectivity index (χ4n) is 18.0. The first-order chi connectivity index (χ1) is 49.1. The summed E-state index contributed by atoms with van der Waals surface area (Å²) in [6.45, 7) is -0.274. The van der Waals surface area contributed by atoms with Gasteiger partial charge in [0.05, 0.1) is 27.9 Å². The van der Waals surface area contributed by atoms with Crippen LogP contribution in [0.5, 0.6) is 0 Å². The van der Waals surface area contributed by atoms with Crippen molar-refractivity contribution in [3.63, 3.8) is 0 Å². The van der Waals surface area contributed by atoms with Crippen LogP contribution >= 0.6 is 0 Å². The molecule has 99 heavy (non-hydrogen) atoms. The lowest BCUT2D eigenvalue weighted by atomic mass is 9.33. The van der Waals surface area contributed by atoms with Crippen LogP contribution in [0.4, 0.5) is 68.2 Å². The van der Waals surface area contributed by atoms with Gasteiger partial charge >= 0.3 is 0 Å². The number of benzene rings is 15. The monoisotopic (exact) mass is 1260 g/mol. The molecule has 0 saturated carbocycles. The molecule has 15 aromatic carbocycles. The molecule has 0 unspecified atom stereocenters. The van der Waals surface area contributed by atoms with Gasteiger partial charge in [-0.25, -0.2) is 0 Å². The standard InChI is InChI=1S/C90H53B2N5O2/c1-5-24-54(25-6-1)56-46-80-86-82(48-56)95(74-42-22-36-64-60-32-13-19-44-84(60)98-89(64)74)78-52-76-66(50-70(78)91(86)68-38-15-17-40-72(68)93(80)58-28-9-3-10-29-58)62-34-21-35-63-67-51-71-79(53-77(67)97(76)88(62)63)96(75-43-23-37-65-61-33-14-20-45-85(61)99-90(65)75)83-49-57(55-26-7-2-8-27-55)47-81-87(83)92(71)69-39-16-18-41-73(69)94(81)59-30-11-4-12-31-59/h1-53H. The van der Waals surface area contributed by atoms with Gasteiger partial charge in [-0.1, -0.05) is 224 Å². The van der Waals surface area contributed by atoms with Gasteiger partial charge in [0.1, 0.15) is 11.2 Å². The molecule has 4 aliphatic heterocycles. The summed E-state index contributed by atoms with van der Waals surface area (Å²) in [4.78, 5) is 10.1. The summed E-state index contributed by atoms with van der Waals surface area (Å²) in [6, 6.07) is 119. The van der Waals surface area contributed by atoms with Crippen molar-refractivity contribution in [1.29, 1.82) is 0 Å². The van der Waals surface area contributed by atoms with Gasteiger partial charge in [0.15, 0.2) is 11.2 Å². The van der Waals surface area contributed by atoms with Crippen molar-refractivity contribution in [2.24, 2.45) is 0 Å². The minimum absolute atomic E-state index is 0.137. The van der Waals surface area contributed by atoms with Crippen LogP contribution in [0.3, 0.4) is 0 Å². The lowest BCUT2D eigenvalue weighted by molar-refractivity contribution is 0.669. The Labute approximate surface area is 569 Å². The SMILES string of the molecule is c1ccc(-c2cc3c4c(c2)N(c2cccc5c2oc2ccccc25)c2cc5c(cc2B4c2ccccc2N3c2ccccc2)c2cccc3c4cc6c(cc4n5c23)N(c2cccc3c2oc2ccccc23)c2cc(-c3ccccc3)cc3c2B6c2ccccc2N3c2ccccc2)cc1. The molecule has 0 fully saturated rings. The number of furan rings is 2. The normalized spacial score (nSPS) is 13.5. The quantitative estimate of drug-likeness (QED) is 0.155. The van der Waals surface area contributed by atoms with Crippen LogP contribution in [0.2, 0.25) is 0 Å². The second kappa shape index (κ2) is 19.8. The molecule has 23 rings (SSSR count). The molecule has 0 bridgehead atoms. The fraction of sp³-hybridized carbons (Fsp3) is 0. The van der Waals surface area contributed by atoms with Crippen molar-refractivity contribution in [3.05, 3.63) is 322 Å². The van der Waals surface area contributed by atoms with Gasteiger partial charge in [-0.05, 0) is 152 Å². The first-order valence-electron chi connectivity index (χ1n) is 34.2. The van der Waals surface area contributed by atoms with Crippen LogP contribution in [0.15, 0.2) is 330 Å². The molecule has 0 saturated heterocycles. The number of rotatable bonds is 6.